The van der Waals surface area contributed by atoms with Gasteiger partial charge in [-0.15, -0.1) is 0 Å². The molecule has 0 radical (unpaired) electrons. The molecule has 2 heteroatoms. The average Bonchev–Trinajstić information content (AvgIpc) is 2.24. The number of hydrogen-bond acceptors (Lipinski definition) is 2. The molecule has 1 rings (SSSR count). The summed E-state index contributed by atoms with van der Waals surface area (Å²) in [4.78, 5) is 0. The van der Waals surface area contributed by atoms with Gasteiger partial charge in [0.1, 0.15) is 0 Å². The van der Waals surface area contributed by atoms with Crippen molar-refractivity contribution in [1.82, 2.24) is 5.32 Å². The number of aryl methyl sites for hydroxylation is 1. The fourth-order valence-electron chi connectivity index (χ4n) is 1.54. The predicted molar refractivity (Wildman–Crippen MR) is 63.9 cm³/mol. The second-order valence-electron chi connectivity index (χ2n) is 3.99. The first-order chi connectivity index (χ1) is 7.24. The molecule has 0 aliphatic carbocycles. The van der Waals surface area contributed by atoms with Gasteiger partial charge in [-0.3, -0.25) is 0 Å². The first-order valence-electron chi connectivity index (χ1n) is 5.69. The maximum Gasteiger partial charge on any atom is 0.0914 e. The van der Waals surface area contributed by atoms with Crippen LogP contribution < -0.4 is 5.32 Å². The van der Waals surface area contributed by atoms with E-state index in [4.69, 9.17) is 0 Å². The highest BCUT2D eigenvalue weighted by atomic mass is 16.3. The topological polar surface area (TPSA) is 32.3 Å². The highest BCUT2D eigenvalue weighted by Crippen LogP contribution is 2.13. The first kappa shape index (κ1) is 12.2. The second kappa shape index (κ2) is 6.59. The summed E-state index contributed by atoms with van der Waals surface area (Å²) >= 11 is 0. The molecule has 0 aliphatic rings. The number of hydrogen-bond donors (Lipinski definition) is 2. The Morgan fingerprint density at radius 2 is 2.20 bits per heavy atom. The van der Waals surface area contributed by atoms with Crippen LogP contribution in [0.1, 0.15) is 37.0 Å². The van der Waals surface area contributed by atoms with Gasteiger partial charge in [0, 0.05) is 6.54 Å². The van der Waals surface area contributed by atoms with E-state index < -0.39 is 0 Å². The highest BCUT2D eigenvalue weighted by molar-refractivity contribution is 5.24. The third-order valence-electron chi connectivity index (χ3n) is 2.47. The Hall–Kier alpha value is -0.860. The molecule has 1 aromatic carbocycles. The van der Waals surface area contributed by atoms with Crippen molar-refractivity contribution in [2.75, 3.05) is 13.1 Å². The fourth-order valence-corrected chi connectivity index (χ4v) is 1.54. The largest absolute Gasteiger partial charge is 0.387 e. The summed E-state index contributed by atoms with van der Waals surface area (Å²) in [6.45, 7) is 5.84. The Morgan fingerprint density at radius 1 is 1.40 bits per heavy atom. The summed E-state index contributed by atoms with van der Waals surface area (Å²) in [6, 6.07) is 8.03. The Labute approximate surface area is 92.3 Å². The molecule has 0 aromatic heterocycles. The molecular weight excluding hydrogens is 186 g/mol. The number of nitrogens with one attached hydrogen (secondary N) is 1. The summed E-state index contributed by atoms with van der Waals surface area (Å²) in [6.07, 6.45) is 1.97. The second-order valence-corrected chi connectivity index (χ2v) is 3.99. The minimum absolute atomic E-state index is 0.387. The first-order valence-corrected chi connectivity index (χ1v) is 5.69. The molecule has 0 amide bonds. The van der Waals surface area contributed by atoms with Crippen molar-refractivity contribution >= 4 is 0 Å². The summed E-state index contributed by atoms with van der Waals surface area (Å²) in [5.74, 6) is 0. The normalized spacial score (nSPS) is 12.7. The summed E-state index contributed by atoms with van der Waals surface area (Å²) < 4.78 is 0. The minimum Gasteiger partial charge on any atom is -0.387 e. The predicted octanol–water partition coefficient (Wildman–Crippen LogP) is 2.42. The van der Waals surface area contributed by atoms with Gasteiger partial charge < -0.3 is 10.4 Å². The average molecular weight is 207 g/mol. The smallest absolute Gasteiger partial charge is 0.0914 e. The van der Waals surface area contributed by atoms with Crippen LogP contribution in [0.5, 0.6) is 0 Å². The van der Waals surface area contributed by atoms with E-state index in [1.807, 2.05) is 31.2 Å². The molecule has 2 N–H and O–H groups in total. The summed E-state index contributed by atoms with van der Waals surface area (Å²) in [7, 11) is 0. The van der Waals surface area contributed by atoms with Crippen molar-refractivity contribution in [2.45, 2.75) is 32.8 Å². The number of aliphatic hydroxyl groups excluding tert-OH is 1. The Balaban J connectivity index is 2.36. The van der Waals surface area contributed by atoms with Crippen molar-refractivity contribution in [1.29, 1.82) is 0 Å². The van der Waals surface area contributed by atoms with Gasteiger partial charge in [-0.2, -0.15) is 0 Å². The van der Waals surface area contributed by atoms with Gasteiger partial charge in [0.15, 0.2) is 0 Å². The molecule has 0 aliphatic heterocycles. The molecule has 1 aromatic rings. The van der Waals surface area contributed by atoms with E-state index >= 15 is 0 Å². The van der Waals surface area contributed by atoms with Crippen LogP contribution >= 0.6 is 0 Å². The lowest BCUT2D eigenvalue weighted by Crippen LogP contribution is -2.22. The van der Waals surface area contributed by atoms with E-state index in [9.17, 15) is 5.11 Å². The van der Waals surface area contributed by atoms with Crippen molar-refractivity contribution in [3.05, 3.63) is 35.4 Å². The van der Waals surface area contributed by atoms with Gasteiger partial charge in [0.25, 0.3) is 0 Å². The van der Waals surface area contributed by atoms with Gasteiger partial charge >= 0.3 is 0 Å². The molecular formula is C13H21NO. The third-order valence-corrected chi connectivity index (χ3v) is 2.47. The van der Waals surface area contributed by atoms with E-state index in [0.29, 0.717) is 6.54 Å². The lowest BCUT2D eigenvalue weighted by molar-refractivity contribution is 0.174. The van der Waals surface area contributed by atoms with Crippen LogP contribution in [0.15, 0.2) is 24.3 Å². The van der Waals surface area contributed by atoms with E-state index in [2.05, 4.69) is 12.2 Å². The number of benzene rings is 1. The van der Waals surface area contributed by atoms with Crippen LogP contribution in [-0.2, 0) is 0 Å². The fraction of sp³-hybridized carbons (Fsp3) is 0.538. The molecule has 15 heavy (non-hydrogen) atoms. The van der Waals surface area contributed by atoms with E-state index in [0.717, 1.165) is 12.1 Å². The van der Waals surface area contributed by atoms with Gasteiger partial charge in [0.2, 0.25) is 0 Å². The third kappa shape index (κ3) is 4.45. The van der Waals surface area contributed by atoms with Crippen LogP contribution in [0.4, 0.5) is 0 Å². The molecule has 0 heterocycles. The Kier molecular flexibility index (Phi) is 5.37. The zero-order valence-corrected chi connectivity index (χ0v) is 9.66. The van der Waals surface area contributed by atoms with Crippen LogP contribution in [0, 0.1) is 6.92 Å². The zero-order valence-electron chi connectivity index (χ0n) is 9.66. The summed E-state index contributed by atoms with van der Waals surface area (Å²) in [5, 5.41) is 13.1. The number of unbranched alkanes of at least 4 members (excludes halogenated alkanes) is 1. The number of aliphatic hydroxyl groups is 1. The highest BCUT2D eigenvalue weighted by Gasteiger charge is 2.05. The molecule has 0 spiro atoms. The van der Waals surface area contributed by atoms with Crippen molar-refractivity contribution < 1.29 is 5.11 Å². The van der Waals surface area contributed by atoms with Crippen LogP contribution in [0.2, 0.25) is 0 Å². The molecule has 1 atom stereocenters. The SMILES string of the molecule is CCCCNCC(O)c1cccc(C)c1. The molecule has 84 valence electrons. The Morgan fingerprint density at radius 3 is 2.87 bits per heavy atom. The molecule has 0 saturated carbocycles. The van der Waals surface area contributed by atoms with Crippen molar-refractivity contribution in [3.8, 4) is 0 Å². The summed E-state index contributed by atoms with van der Waals surface area (Å²) in [5.41, 5.74) is 2.19. The van der Waals surface area contributed by atoms with Crippen LogP contribution in [0.25, 0.3) is 0 Å². The molecule has 0 saturated heterocycles. The molecule has 0 bridgehead atoms. The van der Waals surface area contributed by atoms with E-state index in [1.165, 1.54) is 18.4 Å². The number of rotatable bonds is 6. The van der Waals surface area contributed by atoms with E-state index in [1.54, 1.807) is 0 Å². The van der Waals surface area contributed by atoms with Crippen LogP contribution in [0.3, 0.4) is 0 Å². The lowest BCUT2D eigenvalue weighted by atomic mass is 10.1. The van der Waals surface area contributed by atoms with Gasteiger partial charge in [-0.05, 0) is 25.5 Å². The minimum atomic E-state index is -0.387. The molecule has 0 fully saturated rings. The van der Waals surface area contributed by atoms with Crippen LogP contribution in [-0.4, -0.2) is 18.2 Å². The maximum absolute atomic E-state index is 9.88. The van der Waals surface area contributed by atoms with Crippen molar-refractivity contribution in [3.63, 3.8) is 0 Å². The quantitative estimate of drug-likeness (QED) is 0.702. The monoisotopic (exact) mass is 207 g/mol. The van der Waals surface area contributed by atoms with Gasteiger partial charge in [-0.25, -0.2) is 0 Å². The maximum atomic E-state index is 9.88. The molecule has 1 unspecified atom stereocenters. The standard InChI is InChI=1S/C13H21NO/c1-3-4-8-14-10-13(15)12-7-5-6-11(2)9-12/h5-7,9,13-15H,3-4,8,10H2,1-2H3. The lowest BCUT2D eigenvalue weighted by Gasteiger charge is -2.12. The van der Waals surface area contributed by atoms with E-state index in [-0.39, 0.29) is 6.10 Å². The van der Waals surface area contributed by atoms with Crippen molar-refractivity contribution in [2.24, 2.45) is 0 Å². The zero-order chi connectivity index (χ0) is 11.1. The Bertz CT molecular complexity index is 286. The molecule has 2 nitrogen and oxygen atoms in total. The van der Waals surface area contributed by atoms with Gasteiger partial charge in [0.05, 0.1) is 6.10 Å². The van der Waals surface area contributed by atoms with Gasteiger partial charge in [-0.1, -0.05) is 43.2 Å².